The zero-order valence-electron chi connectivity index (χ0n) is 16.7. The molecule has 1 aliphatic rings. The van der Waals surface area contributed by atoms with Crippen LogP contribution in [0.3, 0.4) is 0 Å². The van der Waals surface area contributed by atoms with Crippen LogP contribution in [0, 0.1) is 5.92 Å². The number of carbonyl (C=O) groups excluding carboxylic acids is 2. The molecule has 0 atom stereocenters. The van der Waals surface area contributed by atoms with E-state index in [0.717, 1.165) is 35.2 Å². The smallest absolute Gasteiger partial charge is 0.248 e. The van der Waals surface area contributed by atoms with Gasteiger partial charge in [-0.15, -0.1) is 0 Å². The third-order valence-electron chi connectivity index (χ3n) is 5.74. The Kier molecular flexibility index (Phi) is 5.76. The van der Waals surface area contributed by atoms with Gasteiger partial charge in [0.25, 0.3) is 0 Å². The molecule has 0 radical (unpaired) electrons. The number of amides is 1. The van der Waals surface area contributed by atoms with Gasteiger partial charge in [-0.3, -0.25) is 9.59 Å². The Morgan fingerprint density at radius 2 is 1.79 bits per heavy atom. The lowest BCUT2D eigenvalue weighted by Crippen LogP contribution is -2.42. The fraction of sp³-hybridized carbons (Fsp3) is 0.333. The molecule has 5 nitrogen and oxygen atoms in total. The average molecular weight is 390 g/mol. The summed E-state index contributed by atoms with van der Waals surface area (Å²) in [6, 6.07) is 18.6. The van der Waals surface area contributed by atoms with Crippen molar-refractivity contribution in [1.29, 1.82) is 0 Å². The Bertz CT molecular complexity index is 965. The first kappa shape index (κ1) is 19.4. The lowest BCUT2D eigenvalue weighted by molar-refractivity contribution is -0.138. The van der Waals surface area contributed by atoms with Gasteiger partial charge in [-0.1, -0.05) is 42.5 Å². The molecule has 3 aromatic rings. The second kappa shape index (κ2) is 8.62. The molecular weight excluding hydrogens is 364 g/mol. The van der Waals surface area contributed by atoms with Gasteiger partial charge in [0.15, 0.2) is 0 Å². The number of ether oxygens (including phenoxy) is 1. The van der Waals surface area contributed by atoms with Crippen molar-refractivity contribution in [2.45, 2.75) is 19.3 Å². The van der Waals surface area contributed by atoms with E-state index in [1.807, 2.05) is 24.3 Å². The number of ketones is 1. The number of nitrogens with one attached hydrogen (secondary N) is 1. The molecule has 1 amide bonds. The van der Waals surface area contributed by atoms with E-state index in [1.165, 1.54) is 12.5 Å². The van der Waals surface area contributed by atoms with Crippen molar-refractivity contribution in [3.05, 3.63) is 60.2 Å². The highest BCUT2D eigenvalue weighted by Gasteiger charge is 2.27. The van der Waals surface area contributed by atoms with Gasteiger partial charge in [0, 0.05) is 49.1 Å². The largest absolute Gasteiger partial charge is 0.375 e. The van der Waals surface area contributed by atoms with Crippen LogP contribution >= 0.6 is 0 Å². The highest BCUT2D eigenvalue weighted by atomic mass is 16.5. The first-order chi connectivity index (χ1) is 14.1. The van der Waals surface area contributed by atoms with Crippen LogP contribution in [0.4, 0.5) is 0 Å². The number of para-hydroxylation sites is 1. The van der Waals surface area contributed by atoms with Crippen LogP contribution in [0.15, 0.2) is 54.6 Å². The van der Waals surface area contributed by atoms with E-state index in [-0.39, 0.29) is 24.2 Å². The number of aromatic amines is 1. The molecule has 1 aromatic heterocycles. The second-order valence-corrected chi connectivity index (χ2v) is 7.70. The summed E-state index contributed by atoms with van der Waals surface area (Å²) in [5, 5.41) is 1.19. The molecule has 4 rings (SSSR count). The van der Waals surface area contributed by atoms with E-state index in [1.54, 1.807) is 4.90 Å². The molecule has 5 heteroatoms. The van der Waals surface area contributed by atoms with Crippen LogP contribution < -0.4 is 0 Å². The monoisotopic (exact) mass is 390 g/mol. The zero-order chi connectivity index (χ0) is 20.2. The number of H-pyrrole nitrogens is 1. The maximum Gasteiger partial charge on any atom is 0.248 e. The third kappa shape index (κ3) is 4.40. The normalized spacial score (nSPS) is 15.0. The first-order valence-corrected chi connectivity index (χ1v) is 10.1. The number of hydrogen-bond donors (Lipinski definition) is 1. The van der Waals surface area contributed by atoms with E-state index in [2.05, 4.69) is 35.3 Å². The SMILES string of the molecule is COCC(=O)N1CCC(C(=O)Cc2ccc(-c3cc4ccccc4[nH]3)cc2)CC1. The van der Waals surface area contributed by atoms with Crippen molar-refractivity contribution in [2.75, 3.05) is 26.8 Å². The maximum absolute atomic E-state index is 12.7. The molecule has 1 saturated heterocycles. The first-order valence-electron chi connectivity index (χ1n) is 10.1. The highest BCUT2D eigenvalue weighted by molar-refractivity contribution is 5.86. The number of hydrogen-bond acceptors (Lipinski definition) is 3. The Hall–Kier alpha value is -2.92. The van der Waals surface area contributed by atoms with Gasteiger partial charge in [-0.2, -0.15) is 0 Å². The Morgan fingerprint density at radius 3 is 2.48 bits per heavy atom. The topological polar surface area (TPSA) is 62.4 Å². The van der Waals surface area contributed by atoms with Crippen molar-refractivity contribution in [2.24, 2.45) is 5.92 Å². The van der Waals surface area contributed by atoms with E-state index < -0.39 is 0 Å². The molecule has 0 unspecified atom stereocenters. The minimum Gasteiger partial charge on any atom is -0.375 e. The summed E-state index contributed by atoms with van der Waals surface area (Å²) in [4.78, 5) is 29.8. The van der Waals surface area contributed by atoms with E-state index in [4.69, 9.17) is 4.74 Å². The van der Waals surface area contributed by atoms with Gasteiger partial charge < -0.3 is 14.6 Å². The fourth-order valence-corrected chi connectivity index (χ4v) is 4.04. The molecule has 0 bridgehead atoms. The number of benzene rings is 2. The van der Waals surface area contributed by atoms with Gasteiger partial charge in [0.1, 0.15) is 12.4 Å². The summed E-state index contributed by atoms with van der Waals surface area (Å²) in [6.45, 7) is 1.39. The summed E-state index contributed by atoms with van der Waals surface area (Å²) in [6.07, 6.45) is 1.92. The van der Waals surface area contributed by atoms with Crippen molar-refractivity contribution in [3.63, 3.8) is 0 Å². The van der Waals surface area contributed by atoms with Crippen LogP contribution in [0.25, 0.3) is 22.2 Å². The van der Waals surface area contributed by atoms with Crippen LogP contribution in [0.5, 0.6) is 0 Å². The molecule has 1 aliphatic heterocycles. The highest BCUT2D eigenvalue weighted by Crippen LogP contribution is 2.25. The van der Waals surface area contributed by atoms with Crippen LogP contribution in [0.2, 0.25) is 0 Å². The fourth-order valence-electron chi connectivity index (χ4n) is 4.04. The number of likely N-dealkylation sites (tertiary alicyclic amines) is 1. The average Bonchev–Trinajstić information content (AvgIpc) is 3.19. The Balaban J connectivity index is 1.35. The summed E-state index contributed by atoms with van der Waals surface area (Å²) in [5.74, 6) is 0.308. The van der Waals surface area contributed by atoms with Gasteiger partial charge >= 0.3 is 0 Å². The number of methoxy groups -OCH3 is 1. The Labute approximate surface area is 170 Å². The van der Waals surface area contributed by atoms with Crippen LogP contribution in [-0.4, -0.2) is 48.4 Å². The van der Waals surface area contributed by atoms with E-state index >= 15 is 0 Å². The van der Waals surface area contributed by atoms with Gasteiger partial charge in [0.05, 0.1) is 0 Å². The molecule has 29 heavy (non-hydrogen) atoms. The number of carbonyl (C=O) groups is 2. The quantitative estimate of drug-likeness (QED) is 0.696. The molecule has 0 aliphatic carbocycles. The predicted molar refractivity (Wildman–Crippen MR) is 114 cm³/mol. The van der Waals surface area contributed by atoms with Crippen molar-refractivity contribution < 1.29 is 14.3 Å². The predicted octanol–water partition coefficient (Wildman–Crippen LogP) is 3.83. The number of fused-ring (bicyclic) bond motifs is 1. The van der Waals surface area contributed by atoms with Crippen molar-refractivity contribution >= 4 is 22.6 Å². The molecule has 0 spiro atoms. The summed E-state index contributed by atoms with van der Waals surface area (Å²) in [5.41, 5.74) is 4.35. The lowest BCUT2D eigenvalue weighted by atomic mass is 9.89. The van der Waals surface area contributed by atoms with Crippen LogP contribution in [-0.2, 0) is 20.7 Å². The summed E-state index contributed by atoms with van der Waals surface area (Å²) >= 11 is 0. The number of piperidine rings is 1. The molecule has 150 valence electrons. The number of aromatic nitrogens is 1. The van der Waals surface area contributed by atoms with Crippen molar-refractivity contribution in [1.82, 2.24) is 9.88 Å². The van der Waals surface area contributed by atoms with Gasteiger partial charge in [0.2, 0.25) is 5.91 Å². The number of Topliss-reactive ketones (excluding diaryl/α,β-unsaturated/α-hetero) is 1. The number of nitrogens with zero attached hydrogens (tertiary/aromatic N) is 1. The summed E-state index contributed by atoms with van der Waals surface area (Å²) < 4.78 is 4.91. The molecule has 1 fully saturated rings. The van der Waals surface area contributed by atoms with Crippen molar-refractivity contribution in [3.8, 4) is 11.3 Å². The van der Waals surface area contributed by atoms with Gasteiger partial charge in [-0.25, -0.2) is 0 Å². The second-order valence-electron chi connectivity index (χ2n) is 7.70. The van der Waals surface area contributed by atoms with E-state index in [0.29, 0.717) is 19.5 Å². The standard InChI is InChI=1S/C24H26N2O3/c1-29-16-24(28)26-12-10-19(11-13-26)23(27)14-17-6-8-18(9-7-17)22-15-20-4-2-3-5-21(20)25-22/h2-9,15,19,25H,10-14,16H2,1H3. The molecule has 2 heterocycles. The maximum atomic E-state index is 12.7. The molecule has 0 saturated carbocycles. The Morgan fingerprint density at radius 1 is 1.07 bits per heavy atom. The minimum atomic E-state index is 0.00552. The van der Waals surface area contributed by atoms with Crippen LogP contribution in [0.1, 0.15) is 18.4 Å². The molecule has 2 aromatic carbocycles. The molecular formula is C24H26N2O3. The zero-order valence-corrected chi connectivity index (χ0v) is 16.7. The minimum absolute atomic E-state index is 0.00552. The summed E-state index contributed by atoms with van der Waals surface area (Å²) in [7, 11) is 1.53. The van der Waals surface area contributed by atoms with E-state index in [9.17, 15) is 9.59 Å². The molecule has 1 N–H and O–H groups in total. The van der Waals surface area contributed by atoms with Gasteiger partial charge in [-0.05, 0) is 36.1 Å². The number of rotatable bonds is 6. The third-order valence-corrected chi connectivity index (χ3v) is 5.74. The lowest BCUT2D eigenvalue weighted by Gasteiger charge is -2.31.